The van der Waals surface area contributed by atoms with E-state index in [0.29, 0.717) is 49.0 Å². The molecule has 2 fully saturated rings. The van der Waals surface area contributed by atoms with Crippen LogP contribution in [0.4, 0.5) is 0 Å². The van der Waals surface area contributed by atoms with Crippen molar-refractivity contribution in [2.75, 3.05) is 13.1 Å². The van der Waals surface area contributed by atoms with Gasteiger partial charge < -0.3 is 19.9 Å². The lowest BCUT2D eigenvalue weighted by Crippen LogP contribution is -2.43. The molecular weight excluding hydrogens is 550 g/mol. The Kier molecular flexibility index (Phi) is 9.63. The molecule has 1 amide bonds. The number of fused-ring (bicyclic) bond motifs is 1. The van der Waals surface area contributed by atoms with E-state index in [1.54, 1.807) is 6.20 Å². The predicted octanol–water partition coefficient (Wildman–Crippen LogP) is 5.87. The van der Waals surface area contributed by atoms with Crippen molar-refractivity contribution in [2.45, 2.75) is 95.1 Å². The third kappa shape index (κ3) is 7.03. The Morgan fingerprint density at radius 1 is 1.12 bits per heavy atom. The van der Waals surface area contributed by atoms with Gasteiger partial charge in [0.05, 0.1) is 11.7 Å². The Morgan fingerprint density at radius 3 is 2.74 bits per heavy atom. The number of nitrogens with zero attached hydrogens (tertiary/aromatic N) is 3. The number of carbonyl (C=O) groups excluding carboxylic acids is 2. The molecule has 2 aromatic heterocycles. The van der Waals surface area contributed by atoms with Crippen molar-refractivity contribution in [3.8, 4) is 11.3 Å². The quantitative estimate of drug-likeness (QED) is 0.253. The maximum atomic E-state index is 13.3. The first-order chi connectivity index (χ1) is 20.0. The topological polar surface area (TPSA) is 119 Å². The van der Waals surface area contributed by atoms with Crippen LogP contribution in [0.3, 0.4) is 0 Å². The number of rotatable bonds is 12. The zero-order valence-corrected chi connectivity index (χ0v) is 25.3. The van der Waals surface area contributed by atoms with Gasteiger partial charge in [-0.1, -0.05) is 31.0 Å². The molecular formula is C32H41N5O4S. The van der Waals surface area contributed by atoms with Gasteiger partial charge in [-0.2, -0.15) is 13.5 Å². The number of nitrogens with one attached hydrogen (secondary N) is 2. The Balaban J connectivity index is 0.00000353. The number of piperidine rings is 1. The molecule has 0 radical (unpaired) electrons. The number of hydrogen-bond acceptors (Lipinski definition) is 8. The molecule has 2 N–H and O–H groups in total. The summed E-state index contributed by atoms with van der Waals surface area (Å²) in [5.74, 6) is 1.77. The Morgan fingerprint density at radius 2 is 1.95 bits per heavy atom. The van der Waals surface area contributed by atoms with Gasteiger partial charge in [-0.3, -0.25) is 14.6 Å². The molecule has 1 saturated heterocycles. The number of Topliss-reactive ketones (excluding diaryl/α,β-unsaturated/α-hetero) is 1. The molecule has 1 spiro atoms. The number of oxime groups is 1. The van der Waals surface area contributed by atoms with Crippen LogP contribution in [0.1, 0.15) is 101 Å². The first-order valence-electron chi connectivity index (χ1n) is 15.2. The summed E-state index contributed by atoms with van der Waals surface area (Å²) < 4.78 is 6.26. The molecule has 1 aromatic carbocycles. The van der Waals surface area contributed by atoms with Crippen molar-refractivity contribution < 1.29 is 18.8 Å². The molecule has 1 saturated carbocycles. The third-order valence-electron chi connectivity index (χ3n) is 8.58. The van der Waals surface area contributed by atoms with E-state index in [1.165, 1.54) is 18.5 Å². The second kappa shape index (κ2) is 13.4. The molecule has 9 nitrogen and oxygen atoms in total. The van der Waals surface area contributed by atoms with E-state index >= 15 is 0 Å². The van der Waals surface area contributed by atoms with Crippen molar-refractivity contribution >= 4 is 41.8 Å². The maximum absolute atomic E-state index is 13.3. The smallest absolute Gasteiger partial charge is 0.269 e. The predicted molar refractivity (Wildman–Crippen MR) is 167 cm³/mol. The minimum atomic E-state index is -0.409. The first-order valence-corrected chi connectivity index (χ1v) is 15.2. The van der Waals surface area contributed by atoms with Crippen molar-refractivity contribution in [3.05, 3.63) is 48.1 Å². The minimum absolute atomic E-state index is 0. The van der Waals surface area contributed by atoms with Crippen molar-refractivity contribution in [1.82, 2.24) is 20.6 Å². The lowest BCUT2D eigenvalue weighted by molar-refractivity contribution is -0.119. The summed E-state index contributed by atoms with van der Waals surface area (Å²) in [6, 6.07) is 9.96. The molecule has 3 aliphatic rings. The Bertz CT molecular complexity index is 1440. The SMILES string of the molecule is CCC(=O)CCCCC[C@H](NC(=O)C1=NOC2(CCNCC2)C1)c1ncc(-c2ccc3nc(C4CC4)ccc3c2)o1.S. The summed E-state index contributed by atoms with van der Waals surface area (Å²) in [5, 5.41) is 11.7. The number of pyridine rings is 1. The van der Waals surface area contributed by atoms with Gasteiger partial charge in [0.2, 0.25) is 5.89 Å². The molecule has 1 atom stereocenters. The average Bonchev–Trinajstić information content (AvgIpc) is 3.60. The number of oxazole rings is 1. The monoisotopic (exact) mass is 591 g/mol. The van der Waals surface area contributed by atoms with Crippen LogP contribution < -0.4 is 10.6 Å². The lowest BCUT2D eigenvalue weighted by Gasteiger charge is -2.30. The molecule has 3 aromatic rings. The zero-order valence-electron chi connectivity index (χ0n) is 24.3. The zero-order chi connectivity index (χ0) is 28.2. The van der Waals surface area contributed by atoms with E-state index in [-0.39, 0.29) is 30.8 Å². The van der Waals surface area contributed by atoms with Crippen LogP contribution >= 0.6 is 13.5 Å². The highest BCUT2D eigenvalue weighted by Crippen LogP contribution is 2.40. The highest BCUT2D eigenvalue weighted by molar-refractivity contribution is 7.59. The summed E-state index contributed by atoms with van der Waals surface area (Å²) in [6.45, 7) is 3.62. The summed E-state index contributed by atoms with van der Waals surface area (Å²) in [7, 11) is 0. The van der Waals surface area contributed by atoms with Crippen LogP contribution in [-0.2, 0) is 14.4 Å². The van der Waals surface area contributed by atoms with E-state index in [4.69, 9.17) is 14.2 Å². The summed E-state index contributed by atoms with van der Waals surface area (Å²) in [6.07, 6.45) is 10.8. The average molecular weight is 592 g/mol. The number of unbranched alkanes of at least 4 members (excludes halogenated alkanes) is 2. The number of carbonyl (C=O) groups is 2. The number of amides is 1. The largest absolute Gasteiger partial charge is 0.438 e. The minimum Gasteiger partial charge on any atom is -0.438 e. The van der Waals surface area contributed by atoms with Crippen LogP contribution in [0.5, 0.6) is 0 Å². The number of ketones is 1. The molecule has 10 heteroatoms. The molecule has 224 valence electrons. The fourth-order valence-corrected chi connectivity index (χ4v) is 5.80. The van der Waals surface area contributed by atoms with E-state index in [0.717, 1.165) is 61.7 Å². The van der Waals surface area contributed by atoms with Crippen LogP contribution in [0.15, 0.2) is 46.1 Å². The highest BCUT2D eigenvalue weighted by Gasteiger charge is 2.42. The van der Waals surface area contributed by atoms with E-state index < -0.39 is 6.04 Å². The van der Waals surface area contributed by atoms with Crippen molar-refractivity contribution in [3.63, 3.8) is 0 Å². The van der Waals surface area contributed by atoms with Gasteiger partial charge in [-0.15, -0.1) is 0 Å². The fourth-order valence-electron chi connectivity index (χ4n) is 5.80. The molecule has 4 heterocycles. The van der Waals surface area contributed by atoms with Gasteiger partial charge in [0.1, 0.15) is 23.1 Å². The van der Waals surface area contributed by atoms with Crippen molar-refractivity contribution in [1.29, 1.82) is 0 Å². The van der Waals surface area contributed by atoms with Gasteiger partial charge >= 0.3 is 0 Å². The summed E-state index contributed by atoms with van der Waals surface area (Å²) in [5.41, 5.74) is 3.12. The lowest BCUT2D eigenvalue weighted by atomic mass is 9.87. The van der Waals surface area contributed by atoms with Gasteiger partial charge in [-0.25, -0.2) is 4.98 Å². The molecule has 6 rings (SSSR count). The molecule has 42 heavy (non-hydrogen) atoms. The maximum Gasteiger partial charge on any atom is 0.269 e. The highest BCUT2D eigenvalue weighted by atomic mass is 32.1. The van der Waals surface area contributed by atoms with Crippen LogP contribution in [0, 0.1) is 0 Å². The van der Waals surface area contributed by atoms with E-state index in [9.17, 15) is 9.59 Å². The van der Waals surface area contributed by atoms with E-state index in [1.807, 2.05) is 19.1 Å². The number of aromatic nitrogens is 2. The van der Waals surface area contributed by atoms with Crippen LogP contribution in [0.2, 0.25) is 0 Å². The molecule has 2 aliphatic heterocycles. The van der Waals surface area contributed by atoms with E-state index in [2.05, 4.69) is 39.0 Å². The first kappa shape index (κ1) is 30.2. The standard InChI is InChI=1S/C32H39N5O4.H2S/c1-2-24(38)6-4-3-5-7-27(36-30(39)28-19-32(41-37-28)14-16-33-17-15-32)31-34-20-29(40-31)23-11-13-26-22(18-23)10-12-25(35-26)21-8-9-21;/h10-13,18,20-21,27,33H,2-9,14-17,19H2,1H3,(H,36,39);1H2/t27-;/m0./s1. The number of benzene rings is 1. The van der Waals surface area contributed by atoms with Gasteiger partial charge in [0.15, 0.2) is 5.76 Å². The third-order valence-corrected chi connectivity index (χ3v) is 8.58. The Labute approximate surface area is 253 Å². The Hall–Kier alpha value is -3.24. The van der Waals surface area contributed by atoms with Crippen LogP contribution in [-0.4, -0.2) is 46.1 Å². The second-order valence-electron chi connectivity index (χ2n) is 11.7. The second-order valence-corrected chi connectivity index (χ2v) is 11.7. The molecule has 0 unspecified atom stereocenters. The van der Waals surface area contributed by atoms with Gasteiger partial charge in [0.25, 0.3) is 5.91 Å². The molecule has 1 aliphatic carbocycles. The van der Waals surface area contributed by atoms with Gasteiger partial charge in [0, 0.05) is 54.7 Å². The van der Waals surface area contributed by atoms with Crippen molar-refractivity contribution in [2.24, 2.45) is 5.16 Å². The fraction of sp³-hybridized carbons (Fsp3) is 0.531. The molecule has 0 bridgehead atoms. The normalized spacial score (nSPS) is 18.3. The van der Waals surface area contributed by atoms with Crippen LogP contribution in [0.25, 0.3) is 22.2 Å². The number of hydrogen-bond donors (Lipinski definition) is 2. The summed E-state index contributed by atoms with van der Waals surface area (Å²) >= 11 is 0. The summed E-state index contributed by atoms with van der Waals surface area (Å²) in [4.78, 5) is 40.2. The van der Waals surface area contributed by atoms with Gasteiger partial charge in [-0.05, 0) is 63.0 Å².